The smallest absolute Gasteiger partial charge is 0.00202 e. The molecule has 0 aromatic rings. The highest BCUT2D eigenvalue weighted by molar-refractivity contribution is 4.93. The van der Waals surface area contributed by atoms with Crippen molar-refractivity contribution in [3.8, 4) is 0 Å². The molecule has 0 radical (unpaired) electrons. The minimum Gasteiger partial charge on any atom is -0.316 e. The second kappa shape index (κ2) is 4.99. The molecule has 78 valence electrons. The minimum atomic E-state index is 0.755. The summed E-state index contributed by atoms with van der Waals surface area (Å²) in [6.07, 6.45) is 7.40. The zero-order valence-corrected chi connectivity index (χ0v) is 9.53. The van der Waals surface area contributed by atoms with Crippen molar-refractivity contribution < 1.29 is 0 Å². The average Bonchev–Trinajstić information content (AvgIpc) is 2.30. The molecule has 13 heavy (non-hydrogen) atoms. The molecule has 1 saturated carbocycles. The lowest BCUT2D eigenvalue weighted by molar-refractivity contribution is 0.140. The Balaban J connectivity index is 0.000000396. The summed E-state index contributed by atoms with van der Waals surface area (Å²) in [5, 5.41) is 3.41. The molecule has 2 fully saturated rings. The van der Waals surface area contributed by atoms with Crippen molar-refractivity contribution in [2.45, 2.75) is 52.9 Å². The van der Waals surface area contributed by atoms with E-state index in [0.717, 1.165) is 11.3 Å². The SMILES string of the molecule is CC.CC1CCCC2(CC1)CNC2. The van der Waals surface area contributed by atoms with Crippen molar-refractivity contribution >= 4 is 0 Å². The van der Waals surface area contributed by atoms with E-state index < -0.39 is 0 Å². The van der Waals surface area contributed by atoms with Gasteiger partial charge in [0.25, 0.3) is 0 Å². The van der Waals surface area contributed by atoms with Crippen LogP contribution >= 0.6 is 0 Å². The van der Waals surface area contributed by atoms with Crippen LogP contribution in [0.25, 0.3) is 0 Å². The molecule has 1 atom stereocenters. The van der Waals surface area contributed by atoms with E-state index in [9.17, 15) is 0 Å². The first-order valence-corrected chi connectivity index (χ1v) is 6.02. The molecule has 0 aromatic carbocycles. The second-order valence-corrected chi connectivity index (χ2v) is 4.64. The number of hydrogen-bond donors (Lipinski definition) is 1. The Morgan fingerprint density at radius 1 is 1.08 bits per heavy atom. The first-order valence-electron chi connectivity index (χ1n) is 6.02. The van der Waals surface area contributed by atoms with Gasteiger partial charge in [-0.1, -0.05) is 40.0 Å². The molecule has 0 amide bonds. The molecule has 1 spiro atoms. The van der Waals surface area contributed by atoms with Crippen LogP contribution in [0.4, 0.5) is 0 Å². The molecule has 1 heteroatoms. The van der Waals surface area contributed by atoms with E-state index in [1.54, 1.807) is 0 Å². The first-order chi connectivity index (χ1) is 6.31. The summed E-state index contributed by atoms with van der Waals surface area (Å²) in [5.74, 6) is 0.995. The summed E-state index contributed by atoms with van der Waals surface area (Å²) >= 11 is 0. The van der Waals surface area contributed by atoms with Crippen LogP contribution < -0.4 is 5.32 Å². The highest BCUT2D eigenvalue weighted by Gasteiger charge is 2.37. The summed E-state index contributed by atoms with van der Waals surface area (Å²) in [7, 11) is 0. The van der Waals surface area contributed by atoms with Crippen molar-refractivity contribution in [1.82, 2.24) is 5.32 Å². The third-order valence-electron chi connectivity index (χ3n) is 3.57. The van der Waals surface area contributed by atoms with Crippen molar-refractivity contribution in [2.24, 2.45) is 11.3 Å². The molecule has 1 aliphatic heterocycles. The summed E-state index contributed by atoms with van der Waals surface area (Å²) in [4.78, 5) is 0. The Morgan fingerprint density at radius 2 is 1.77 bits per heavy atom. The average molecular weight is 183 g/mol. The lowest BCUT2D eigenvalue weighted by Crippen LogP contribution is -2.52. The summed E-state index contributed by atoms with van der Waals surface area (Å²) in [6, 6.07) is 0. The second-order valence-electron chi connectivity index (χ2n) is 4.64. The van der Waals surface area contributed by atoms with E-state index in [1.165, 1.54) is 45.2 Å². The van der Waals surface area contributed by atoms with Crippen LogP contribution in [0.1, 0.15) is 52.9 Å². The third kappa shape index (κ3) is 2.70. The Hall–Kier alpha value is -0.0400. The van der Waals surface area contributed by atoms with Gasteiger partial charge in [0.05, 0.1) is 0 Å². The quantitative estimate of drug-likeness (QED) is 0.608. The van der Waals surface area contributed by atoms with Gasteiger partial charge in [0.15, 0.2) is 0 Å². The summed E-state index contributed by atoms with van der Waals surface area (Å²) in [6.45, 7) is 9.02. The van der Waals surface area contributed by atoms with Crippen molar-refractivity contribution in [2.75, 3.05) is 13.1 Å². The van der Waals surface area contributed by atoms with Crippen LogP contribution in [0.3, 0.4) is 0 Å². The molecule has 1 unspecified atom stereocenters. The number of nitrogens with one attached hydrogen (secondary N) is 1. The fourth-order valence-electron chi connectivity index (χ4n) is 2.48. The van der Waals surface area contributed by atoms with Crippen molar-refractivity contribution in [3.63, 3.8) is 0 Å². The molecule has 2 aliphatic rings. The van der Waals surface area contributed by atoms with Gasteiger partial charge in [-0.2, -0.15) is 0 Å². The molecule has 0 bridgehead atoms. The highest BCUT2D eigenvalue weighted by atomic mass is 15.0. The predicted molar refractivity (Wildman–Crippen MR) is 58.9 cm³/mol. The van der Waals surface area contributed by atoms with Crippen LogP contribution in [0.15, 0.2) is 0 Å². The minimum absolute atomic E-state index is 0.755. The van der Waals surface area contributed by atoms with Crippen LogP contribution in [-0.2, 0) is 0 Å². The largest absolute Gasteiger partial charge is 0.316 e. The standard InChI is InChI=1S/C10H19N.C2H6/c1-9-3-2-5-10(6-4-9)7-11-8-10;1-2/h9,11H,2-8H2,1H3;1-2H3. The van der Waals surface area contributed by atoms with E-state index in [4.69, 9.17) is 0 Å². The van der Waals surface area contributed by atoms with E-state index >= 15 is 0 Å². The van der Waals surface area contributed by atoms with E-state index in [1.807, 2.05) is 13.8 Å². The molecular formula is C12H25N. The predicted octanol–water partition coefficient (Wildman–Crippen LogP) is 3.20. The Morgan fingerprint density at radius 3 is 2.31 bits per heavy atom. The van der Waals surface area contributed by atoms with Gasteiger partial charge < -0.3 is 5.32 Å². The monoisotopic (exact) mass is 183 g/mol. The van der Waals surface area contributed by atoms with E-state index in [-0.39, 0.29) is 0 Å². The molecule has 2 rings (SSSR count). The Kier molecular flexibility index (Phi) is 4.24. The van der Waals surface area contributed by atoms with Crippen LogP contribution in [-0.4, -0.2) is 13.1 Å². The van der Waals surface area contributed by atoms with Gasteiger partial charge in [-0.3, -0.25) is 0 Å². The van der Waals surface area contributed by atoms with Gasteiger partial charge in [0.1, 0.15) is 0 Å². The van der Waals surface area contributed by atoms with Crippen molar-refractivity contribution in [1.29, 1.82) is 0 Å². The molecule has 0 aromatic heterocycles. The molecule has 1 heterocycles. The van der Waals surface area contributed by atoms with Crippen LogP contribution in [0.2, 0.25) is 0 Å². The molecule has 1 nitrogen and oxygen atoms in total. The van der Waals surface area contributed by atoms with Crippen molar-refractivity contribution in [3.05, 3.63) is 0 Å². The Bertz CT molecular complexity index is 138. The molecule has 1 aliphatic carbocycles. The third-order valence-corrected chi connectivity index (χ3v) is 3.57. The number of hydrogen-bond acceptors (Lipinski definition) is 1. The van der Waals surface area contributed by atoms with E-state index in [0.29, 0.717) is 0 Å². The van der Waals surface area contributed by atoms with Gasteiger partial charge in [-0.15, -0.1) is 0 Å². The maximum atomic E-state index is 3.41. The van der Waals surface area contributed by atoms with E-state index in [2.05, 4.69) is 12.2 Å². The molecule has 1 saturated heterocycles. The van der Waals surface area contributed by atoms with Gasteiger partial charge in [-0.05, 0) is 24.2 Å². The summed E-state index contributed by atoms with van der Waals surface area (Å²) in [5.41, 5.74) is 0.755. The highest BCUT2D eigenvalue weighted by Crippen LogP contribution is 2.39. The normalized spacial score (nSPS) is 31.2. The molecule has 1 N–H and O–H groups in total. The van der Waals surface area contributed by atoms with Gasteiger partial charge in [-0.25, -0.2) is 0 Å². The van der Waals surface area contributed by atoms with Gasteiger partial charge >= 0.3 is 0 Å². The van der Waals surface area contributed by atoms with Gasteiger partial charge in [0.2, 0.25) is 0 Å². The lowest BCUT2D eigenvalue weighted by Gasteiger charge is -2.42. The lowest BCUT2D eigenvalue weighted by atomic mass is 9.75. The molecular weight excluding hydrogens is 158 g/mol. The Labute approximate surface area is 83.3 Å². The topological polar surface area (TPSA) is 12.0 Å². The fourth-order valence-corrected chi connectivity index (χ4v) is 2.48. The maximum Gasteiger partial charge on any atom is 0.00202 e. The zero-order valence-electron chi connectivity index (χ0n) is 9.53. The zero-order chi connectivity index (χ0) is 9.73. The van der Waals surface area contributed by atoms with Crippen LogP contribution in [0.5, 0.6) is 0 Å². The van der Waals surface area contributed by atoms with Gasteiger partial charge in [0, 0.05) is 13.1 Å². The van der Waals surface area contributed by atoms with Crippen LogP contribution in [0, 0.1) is 11.3 Å². The first kappa shape index (κ1) is 11.0. The number of rotatable bonds is 0. The maximum absolute atomic E-state index is 3.41. The summed E-state index contributed by atoms with van der Waals surface area (Å²) < 4.78 is 0. The fraction of sp³-hybridized carbons (Fsp3) is 1.00.